The molecule has 1 aliphatic heterocycles. The molecule has 2 aliphatic rings. The van der Waals surface area contributed by atoms with Gasteiger partial charge in [-0.3, -0.25) is 4.90 Å². The summed E-state index contributed by atoms with van der Waals surface area (Å²) in [4.78, 5) is 6.41. The first-order chi connectivity index (χ1) is 11.5. The van der Waals surface area contributed by atoms with Gasteiger partial charge in [0.15, 0.2) is 0 Å². The van der Waals surface area contributed by atoms with Crippen LogP contribution in [0.3, 0.4) is 0 Å². The van der Waals surface area contributed by atoms with E-state index in [4.69, 9.17) is 0 Å². The molecule has 0 unspecified atom stereocenters. The summed E-state index contributed by atoms with van der Waals surface area (Å²) in [6.45, 7) is 7.73. The van der Waals surface area contributed by atoms with Gasteiger partial charge in [-0.2, -0.15) is 0 Å². The Morgan fingerprint density at radius 3 is 2.46 bits per heavy atom. The number of piperidine rings is 1. The molecule has 0 bridgehead atoms. The maximum Gasteiger partial charge on any atom is 0.0774 e. The maximum atomic E-state index is 11.0. The summed E-state index contributed by atoms with van der Waals surface area (Å²) < 4.78 is 0. The first kappa shape index (κ1) is 18.4. The molecule has 1 N–H and O–H groups in total. The molecule has 1 aliphatic carbocycles. The third-order valence-corrected chi connectivity index (χ3v) is 7.15. The Bertz CT molecular complexity index is 484. The van der Waals surface area contributed by atoms with E-state index in [0.717, 1.165) is 38.9 Å². The van der Waals surface area contributed by atoms with E-state index in [1.54, 1.807) is 0 Å². The van der Waals surface area contributed by atoms with E-state index in [1.165, 1.54) is 43.6 Å². The Morgan fingerprint density at radius 2 is 1.88 bits per heavy atom. The van der Waals surface area contributed by atoms with Gasteiger partial charge in [-0.1, -0.05) is 13.0 Å². The van der Waals surface area contributed by atoms with E-state index in [-0.39, 0.29) is 0 Å². The lowest BCUT2D eigenvalue weighted by atomic mass is 9.64. The van der Waals surface area contributed by atoms with Crippen molar-refractivity contribution in [2.24, 2.45) is 5.41 Å². The fraction of sp³-hybridized carbons (Fsp3) is 0.800. The molecule has 4 heteroatoms. The lowest BCUT2D eigenvalue weighted by Gasteiger charge is -2.49. The molecule has 1 saturated heterocycles. The SMILES string of the molecule is CCCN(C)CC1(O)CCC2(CCN(Cc3cccs3)CC2)CC1. The van der Waals surface area contributed by atoms with Crippen molar-refractivity contribution >= 4 is 11.3 Å². The van der Waals surface area contributed by atoms with Crippen LogP contribution in [0.15, 0.2) is 17.5 Å². The number of hydrogen-bond acceptors (Lipinski definition) is 4. The minimum atomic E-state index is -0.441. The molecule has 1 aromatic rings. The number of rotatable bonds is 6. The van der Waals surface area contributed by atoms with Crippen molar-refractivity contribution in [1.29, 1.82) is 0 Å². The topological polar surface area (TPSA) is 26.7 Å². The molecule has 3 rings (SSSR count). The summed E-state index contributed by atoms with van der Waals surface area (Å²) >= 11 is 1.87. The van der Waals surface area contributed by atoms with Gasteiger partial charge >= 0.3 is 0 Å². The van der Waals surface area contributed by atoms with Crippen LogP contribution in [-0.4, -0.2) is 53.7 Å². The van der Waals surface area contributed by atoms with Gasteiger partial charge in [0.25, 0.3) is 0 Å². The molecule has 3 nitrogen and oxygen atoms in total. The van der Waals surface area contributed by atoms with Crippen LogP contribution in [0.1, 0.15) is 56.7 Å². The van der Waals surface area contributed by atoms with E-state index in [9.17, 15) is 5.11 Å². The highest BCUT2D eigenvalue weighted by molar-refractivity contribution is 7.09. The summed E-state index contributed by atoms with van der Waals surface area (Å²) in [7, 11) is 2.15. The Morgan fingerprint density at radius 1 is 1.17 bits per heavy atom. The molecule has 1 aromatic heterocycles. The van der Waals surface area contributed by atoms with Crippen molar-refractivity contribution in [2.75, 3.05) is 33.2 Å². The van der Waals surface area contributed by atoms with Crippen molar-refractivity contribution in [1.82, 2.24) is 9.80 Å². The van der Waals surface area contributed by atoms with Crippen LogP contribution in [-0.2, 0) is 6.54 Å². The van der Waals surface area contributed by atoms with Crippen LogP contribution >= 0.6 is 11.3 Å². The van der Waals surface area contributed by atoms with Crippen LogP contribution in [0.25, 0.3) is 0 Å². The smallest absolute Gasteiger partial charge is 0.0774 e. The first-order valence-electron chi connectivity index (χ1n) is 9.68. The number of likely N-dealkylation sites (N-methyl/N-ethyl adjacent to an activating group) is 1. The van der Waals surface area contributed by atoms with E-state index in [0.29, 0.717) is 5.41 Å². The van der Waals surface area contributed by atoms with Gasteiger partial charge < -0.3 is 10.0 Å². The van der Waals surface area contributed by atoms with E-state index >= 15 is 0 Å². The van der Waals surface area contributed by atoms with E-state index in [1.807, 2.05) is 11.3 Å². The van der Waals surface area contributed by atoms with Crippen LogP contribution in [0.5, 0.6) is 0 Å². The van der Waals surface area contributed by atoms with Crippen molar-refractivity contribution < 1.29 is 5.11 Å². The van der Waals surface area contributed by atoms with Gasteiger partial charge in [0.1, 0.15) is 0 Å². The lowest BCUT2D eigenvalue weighted by Crippen LogP contribution is -2.49. The predicted molar refractivity (Wildman–Crippen MR) is 102 cm³/mol. The summed E-state index contributed by atoms with van der Waals surface area (Å²) in [5.74, 6) is 0. The third-order valence-electron chi connectivity index (χ3n) is 6.29. The Balaban J connectivity index is 1.46. The normalized spacial score (nSPS) is 23.8. The molecule has 2 fully saturated rings. The van der Waals surface area contributed by atoms with Gasteiger partial charge in [0, 0.05) is 18.0 Å². The van der Waals surface area contributed by atoms with Crippen molar-refractivity contribution in [2.45, 2.75) is 64.0 Å². The molecule has 0 aromatic carbocycles. The molecule has 24 heavy (non-hydrogen) atoms. The zero-order chi connectivity index (χ0) is 17.0. The minimum absolute atomic E-state index is 0.441. The van der Waals surface area contributed by atoms with Crippen LogP contribution in [0.2, 0.25) is 0 Å². The summed E-state index contributed by atoms with van der Waals surface area (Å²) in [6, 6.07) is 4.41. The molecule has 1 saturated carbocycles. The second kappa shape index (κ2) is 7.86. The highest BCUT2D eigenvalue weighted by atomic mass is 32.1. The largest absolute Gasteiger partial charge is 0.389 e. The summed E-state index contributed by atoms with van der Waals surface area (Å²) in [5, 5.41) is 13.1. The maximum absolute atomic E-state index is 11.0. The fourth-order valence-electron chi connectivity index (χ4n) is 4.68. The number of thiophene rings is 1. The number of hydrogen-bond donors (Lipinski definition) is 1. The quantitative estimate of drug-likeness (QED) is 0.841. The molecule has 0 radical (unpaired) electrons. The van der Waals surface area contributed by atoms with Crippen LogP contribution < -0.4 is 0 Å². The average molecular weight is 351 g/mol. The second-order valence-electron chi connectivity index (χ2n) is 8.32. The average Bonchev–Trinajstić information content (AvgIpc) is 3.06. The predicted octanol–water partition coefficient (Wildman–Crippen LogP) is 3.98. The van der Waals surface area contributed by atoms with Crippen LogP contribution in [0.4, 0.5) is 0 Å². The molecule has 2 heterocycles. The molecule has 136 valence electrons. The fourth-order valence-corrected chi connectivity index (χ4v) is 5.42. The monoisotopic (exact) mass is 350 g/mol. The standard InChI is InChI=1S/C20H34N2OS/c1-3-12-21(2)17-20(23)8-6-19(7-9-20)10-13-22(14-11-19)16-18-5-4-15-24-18/h4-5,15,23H,3,6-14,16-17H2,1-2H3. The highest BCUT2D eigenvalue weighted by Gasteiger charge is 2.43. The number of aliphatic hydroxyl groups is 1. The van der Waals surface area contributed by atoms with Gasteiger partial charge in [0.2, 0.25) is 0 Å². The van der Waals surface area contributed by atoms with Crippen LogP contribution in [0, 0.1) is 5.41 Å². The molecule has 0 atom stereocenters. The third kappa shape index (κ3) is 4.60. The zero-order valence-electron chi connectivity index (χ0n) is 15.5. The molecular formula is C20H34N2OS. The lowest BCUT2D eigenvalue weighted by molar-refractivity contribution is -0.0665. The Labute approximate surface area is 151 Å². The van der Waals surface area contributed by atoms with E-state index in [2.05, 4.69) is 41.3 Å². The number of nitrogens with zero attached hydrogens (tertiary/aromatic N) is 2. The number of likely N-dealkylation sites (tertiary alicyclic amines) is 1. The van der Waals surface area contributed by atoms with Gasteiger partial charge in [-0.25, -0.2) is 0 Å². The molecular weight excluding hydrogens is 316 g/mol. The van der Waals surface area contributed by atoms with Crippen molar-refractivity contribution in [3.8, 4) is 0 Å². The van der Waals surface area contributed by atoms with Gasteiger partial charge in [-0.05, 0) is 88.5 Å². The van der Waals surface area contributed by atoms with Crippen molar-refractivity contribution in [3.63, 3.8) is 0 Å². The summed E-state index contributed by atoms with van der Waals surface area (Å²) in [6.07, 6.45) is 8.22. The van der Waals surface area contributed by atoms with Gasteiger partial charge in [0.05, 0.1) is 5.60 Å². The first-order valence-corrected chi connectivity index (χ1v) is 10.6. The zero-order valence-corrected chi connectivity index (χ0v) is 16.3. The summed E-state index contributed by atoms with van der Waals surface area (Å²) in [5.41, 5.74) is 0.0742. The molecule has 1 spiro atoms. The minimum Gasteiger partial charge on any atom is -0.389 e. The Hall–Kier alpha value is -0.420. The Kier molecular flexibility index (Phi) is 6.02. The highest BCUT2D eigenvalue weighted by Crippen LogP contribution is 2.47. The second-order valence-corrected chi connectivity index (χ2v) is 9.35. The van der Waals surface area contributed by atoms with E-state index < -0.39 is 5.60 Å². The van der Waals surface area contributed by atoms with Crippen molar-refractivity contribution in [3.05, 3.63) is 22.4 Å². The molecule has 0 amide bonds. The van der Waals surface area contributed by atoms with Gasteiger partial charge in [-0.15, -0.1) is 11.3 Å².